The van der Waals surface area contributed by atoms with Crippen molar-refractivity contribution < 1.29 is 35.9 Å². The van der Waals surface area contributed by atoms with Crippen molar-refractivity contribution in [3.05, 3.63) is 69.7 Å². The standard InChI is InChI=1S/C23H23ClF3N5O5S2/c1-37-16-5-2-4-14(10-16)22(34)30-13-17-7-8-20(38-17)39(35,36)32-31-19(33)6-3-9-28-21-18(24)11-15(12-29-21)23(25,26)27/h2,4-5,7-8,10-12,32H,3,6,9,13H2,1H3,(H,28,29)(H,30,34)(H,31,33). The number of rotatable bonds is 12. The van der Waals surface area contributed by atoms with Gasteiger partial charge in [-0.3, -0.25) is 15.0 Å². The predicted octanol–water partition coefficient (Wildman–Crippen LogP) is 3.96. The molecule has 0 aliphatic rings. The molecule has 1 aromatic carbocycles. The highest BCUT2D eigenvalue weighted by atomic mass is 35.5. The van der Waals surface area contributed by atoms with Gasteiger partial charge in [0.15, 0.2) is 0 Å². The van der Waals surface area contributed by atoms with Crippen molar-refractivity contribution in [1.29, 1.82) is 0 Å². The molecule has 0 fully saturated rings. The number of nitrogens with zero attached hydrogens (tertiary/aromatic N) is 1. The summed E-state index contributed by atoms with van der Waals surface area (Å²) in [6.07, 6.45) is -3.82. The van der Waals surface area contributed by atoms with Gasteiger partial charge in [-0.15, -0.1) is 16.2 Å². The van der Waals surface area contributed by atoms with E-state index in [-0.39, 0.29) is 46.9 Å². The predicted molar refractivity (Wildman–Crippen MR) is 139 cm³/mol. The molecular formula is C23H23ClF3N5O5S2. The average molecular weight is 606 g/mol. The molecule has 0 bridgehead atoms. The zero-order valence-electron chi connectivity index (χ0n) is 20.3. The maximum atomic E-state index is 12.7. The van der Waals surface area contributed by atoms with Crippen molar-refractivity contribution >= 4 is 50.6 Å². The first-order valence-corrected chi connectivity index (χ1v) is 13.8. The van der Waals surface area contributed by atoms with Gasteiger partial charge in [0.2, 0.25) is 5.91 Å². The van der Waals surface area contributed by atoms with Gasteiger partial charge in [0.05, 0.1) is 24.2 Å². The number of carbonyl (C=O) groups excluding carboxylic acids is 2. The summed E-state index contributed by atoms with van der Waals surface area (Å²) in [6, 6.07) is 10.2. The minimum absolute atomic E-state index is 0.0268. The molecule has 0 atom stereocenters. The molecule has 3 rings (SSSR count). The van der Waals surface area contributed by atoms with Crippen molar-refractivity contribution in [2.24, 2.45) is 0 Å². The molecule has 0 saturated heterocycles. The summed E-state index contributed by atoms with van der Waals surface area (Å²) in [5.74, 6) is -0.437. The van der Waals surface area contributed by atoms with Crippen molar-refractivity contribution in [2.75, 3.05) is 19.0 Å². The average Bonchev–Trinajstić information content (AvgIpc) is 3.39. The van der Waals surface area contributed by atoms with E-state index in [4.69, 9.17) is 16.3 Å². The molecule has 0 radical (unpaired) electrons. The summed E-state index contributed by atoms with van der Waals surface area (Å²) in [4.78, 5) is 30.6. The molecule has 39 heavy (non-hydrogen) atoms. The first kappa shape index (κ1) is 30.1. The van der Waals surface area contributed by atoms with Crippen LogP contribution in [-0.2, 0) is 27.5 Å². The highest BCUT2D eigenvalue weighted by molar-refractivity contribution is 7.91. The van der Waals surface area contributed by atoms with E-state index in [1.165, 1.54) is 13.2 Å². The molecule has 4 N–H and O–H groups in total. The Morgan fingerprint density at radius 2 is 1.92 bits per heavy atom. The molecule has 2 heterocycles. The highest BCUT2D eigenvalue weighted by Gasteiger charge is 2.31. The van der Waals surface area contributed by atoms with Crippen LogP contribution in [0.15, 0.2) is 52.9 Å². The van der Waals surface area contributed by atoms with Crippen LogP contribution in [0.4, 0.5) is 19.0 Å². The molecule has 2 amide bonds. The lowest BCUT2D eigenvalue weighted by atomic mass is 10.2. The van der Waals surface area contributed by atoms with E-state index in [1.54, 1.807) is 30.3 Å². The van der Waals surface area contributed by atoms with E-state index in [2.05, 4.69) is 21.0 Å². The second-order valence-electron chi connectivity index (χ2n) is 7.87. The Hall–Kier alpha value is -3.40. The van der Waals surface area contributed by atoms with E-state index in [0.717, 1.165) is 17.4 Å². The Kier molecular flexibility index (Phi) is 10.1. The van der Waals surface area contributed by atoms with E-state index < -0.39 is 27.7 Å². The maximum Gasteiger partial charge on any atom is 0.417 e. The third kappa shape index (κ3) is 8.81. The summed E-state index contributed by atoms with van der Waals surface area (Å²) < 4.78 is 68.0. The number of halogens is 4. The zero-order valence-corrected chi connectivity index (χ0v) is 22.7. The number of anilines is 1. The van der Waals surface area contributed by atoms with Gasteiger partial charge in [0.1, 0.15) is 15.8 Å². The number of hydrazine groups is 1. The Morgan fingerprint density at radius 1 is 1.15 bits per heavy atom. The lowest BCUT2D eigenvalue weighted by molar-refractivity contribution is -0.137. The largest absolute Gasteiger partial charge is 0.497 e. The third-order valence-electron chi connectivity index (χ3n) is 5.02. The number of methoxy groups -OCH3 is 1. The van der Waals surface area contributed by atoms with E-state index >= 15 is 0 Å². The zero-order chi connectivity index (χ0) is 28.6. The summed E-state index contributed by atoms with van der Waals surface area (Å²) in [7, 11) is -2.57. The summed E-state index contributed by atoms with van der Waals surface area (Å²) in [5.41, 5.74) is 1.50. The Bertz CT molecular complexity index is 1430. The summed E-state index contributed by atoms with van der Waals surface area (Å²) >= 11 is 6.72. The number of nitrogens with one attached hydrogen (secondary N) is 4. The Morgan fingerprint density at radius 3 is 2.62 bits per heavy atom. The van der Waals surface area contributed by atoms with Crippen LogP contribution in [0.2, 0.25) is 5.02 Å². The molecule has 0 unspecified atom stereocenters. The number of pyridine rings is 1. The monoisotopic (exact) mass is 605 g/mol. The van der Waals surface area contributed by atoms with Gasteiger partial charge in [-0.25, -0.2) is 13.4 Å². The number of benzene rings is 1. The van der Waals surface area contributed by atoms with Gasteiger partial charge >= 0.3 is 6.18 Å². The van der Waals surface area contributed by atoms with Crippen LogP contribution in [-0.4, -0.2) is 38.9 Å². The first-order valence-electron chi connectivity index (χ1n) is 11.2. The first-order chi connectivity index (χ1) is 18.4. The van der Waals surface area contributed by atoms with Gasteiger partial charge in [-0.2, -0.15) is 13.2 Å². The van der Waals surface area contributed by atoms with Crippen LogP contribution in [0.5, 0.6) is 5.75 Å². The van der Waals surface area contributed by atoms with Crippen molar-refractivity contribution in [2.45, 2.75) is 29.8 Å². The number of alkyl halides is 3. The molecule has 0 spiro atoms. The SMILES string of the molecule is COc1cccc(C(=O)NCc2ccc(S(=O)(=O)NNC(=O)CCCNc3ncc(C(F)(F)F)cc3Cl)s2)c1. The van der Waals surface area contributed by atoms with E-state index in [9.17, 15) is 31.2 Å². The molecule has 3 aromatic rings. The molecule has 10 nitrogen and oxygen atoms in total. The lowest BCUT2D eigenvalue weighted by Gasteiger charge is -2.11. The van der Waals surface area contributed by atoms with Gasteiger partial charge in [-0.05, 0) is 42.8 Å². The van der Waals surface area contributed by atoms with Crippen molar-refractivity contribution in [1.82, 2.24) is 20.6 Å². The Labute approximate surface area is 230 Å². The number of hydrogen-bond donors (Lipinski definition) is 4. The Balaban J connectivity index is 1.42. The molecule has 2 aromatic heterocycles. The van der Waals surface area contributed by atoms with Crippen LogP contribution >= 0.6 is 22.9 Å². The fraction of sp³-hybridized carbons (Fsp3) is 0.261. The van der Waals surface area contributed by atoms with Crippen LogP contribution in [0.1, 0.15) is 33.6 Å². The number of carbonyl (C=O) groups is 2. The number of amides is 2. The molecule has 16 heteroatoms. The van der Waals surface area contributed by atoms with Crippen molar-refractivity contribution in [3.8, 4) is 5.75 Å². The van der Waals surface area contributed by atoms with Crippen LogP contribution < -0.4 is 25.6 Å². The molecule has 0 saturated carbocycles. The summed E-state index contributed by atoms with van der Waals surface area (Å²) in [5, 5.41) is 5.19. The molecular weight excluding hydrogens is 583 g/mol. The normalized spacial score (nSPS) is 11.6. The topological polar surface area (TPSA) is 139 Å². The van der Waals surface area contributed by atoms with Crippen LogP contribution in [0.25, 0.3) is 0 Å². The van der Waals surface area contributed by atoms with Crippen LogP contribution in [0.3, 0.4) is 0 Å². The highest BCUT2D eigenvalue weighted by Crippen LogP contribution is 2.32. The van der Waals surface area contributed by atoms with Gasteiger partial charge in [0.25, 0.3) is 15.9 Å². The third-order valence-corrected chi connectivity index (χ3v) is 8.14. The van der Waals surface area contributed by atoms with E-state index in [1.807, 2.05) is 4.83 Å². The number of ether oxygens (including phenoxy) is 1. The van der Waals surface area contributed by atoms with E-state index in [0.29, 0.717) is 22.4 Å². The fourth-order valence-corrected chi connectivity index (χ4v) is 5.44. The van der Waals surface area contributed by atoms with Gasteiger partial charge in [0, 0.05) is 29.6 Å². The number of sulfonamides is 1. The number of aromatic nitrogens is 1. The van der Waals surface area contributed by atoms with Gasteiger partial charge in [-0.1, -0.05) is 17.7 Å². The second kappa shape index (κ2) is 13.1. The molecule has 210 valence electrons. The van der Waals surface area contributed by atoms with Crippen LogP contribution in [0, 0.1) is 0 Å². The number of thiophene rings is 1. The molecule has 0 aliphatic carbocycles. The summed E-state index contributed by atoms with van der Waals surface area (Å²) in [6.45, 7) is 0.238. The minimum Gasteiger partial charge on any atom is -0.497 e. The molecule has 0 aliphatic heterocycles. The quantitative estimate of drug-likeness (QED) is 0.181. The smallest absolute Gasteiger partial charge is 0.417 e. The number of hydrogen-bond acceptors (Lipinski definition) is 8. The minimum atomic E-state index is -4.57. The maximum absolute atomic E-state index is 12.7. The van der Waals surface area contributed by atoms with Gasteiger partial charge < -0.3 is 15.4 Å². The van der Waals surface area contributed by atoms with Crippen molar-refractivity contribution in [3.63, 3.8) is 0 Å². The lowest BCUT2D eigenvalue weighted by Crippen LogP contribution is -2.41. The second-order valence-corrected chi connectivity index (χ2v) is 11.4. The fourth-order valence-electron chi connectivity index (χ4n) is 3.05.